The first-order valence-corrected chi connectivity index (χ1v) is 7.43. The van der Waals surface area contributed by atoms with Gasteiger partial charge < -0.3 is 5.32 Å². The Morgan fingerprint density at radius 1 is 1.40 bits per heavy atom. The van der Waals surface area contributed by atoms with E-state index in [9.17, 15) is 10.1 Å². The van der Waals surface area contributed by atoms with Crippen molar-refractivity contribution in [3.63, 3.8) is 0 Å². The standard InChI is InChI=1S/C16H14N2OS/c1-10-4-2-5-11(8-10)15(19)18-16-13(9-17)12-6-3-7-14(12)20-16/h2,4-5,8H,3,6-7H2,1H3,(H,18,19). The predicted molar refractivity (Wildman–Crippen MR) is 80.2 cm³/mol. The van der Waals surface area contributed by atoms with E-state index in [1.54, 1.807) is 17.4 Å². The Morgan fingerprint density at radius 3 is 3.00 bits per heavy atom. The number of aryl methyl sites for hydroxylation is 2. The Morgan fingerprint density at radius 2 is 2.25 bits per heavy atom. The lowest BCUT2D eigenvalue weighted by atomic mass is 10.1. The van der Waals surface area contributed by atoms with Crippen molar-refractivity contribution in [2.75, 3.05) is 5.32 Å². The highest BCUT2D eigenvalue weighted by Crippen LogP contribution is 2.38. The summed E-state index contributed by atoms with van der Waals surface area (Å²) in [7, 11) is 0. The molecular weight excluding hydrogens is 268 g/mol. The van der Waals surface area contributed by atoms with Gasteiger partial charge in [0.05, 0.1) is 5.56 Å². The highest BCUT2D eigenvalue weighted by molar-refractivity contribution is 7.16. The Labute approximate surface area is 121 Å². The summed E-state index contributed by atoms with van der Waals surface area (Å²) in [5, 5.41) is 12.9. The third-order valence-corrected chi connectivity index (χ3v) is 4.75. The fraction of sp³-hybridized carbons (Fsp3) is 0.250. The lowest BCUT2D eigenvalue weighted by Gasteiger charge is -2.04. The Balaban J connectivity index is 1.89. The summed E-state index contributed by atoms with van der Waals surface area (Å²) in [4.78, 5) is 13.5. The molecule has 1 N–H and O–H groups in total. The minimum absolute atomic E-state index is 0.148. The van der Waals surface area contributed by atoms with Crippen molar-refractivity contribution >= 4 is 22.2 Å². The van der Waals surface area contributed by atoms with Crippen molar-refractivity contribution in [3.8, 4) is 6.07 Å². The summed E-state index contributed by atoms with van der Waals surface area (Å²) in [5.41, 5.74) is 3.47. The number of hydrogen-bond donors (Lipinski definition) is 1. The van der Waals surface area contributed by atoms with Crippen LogP contribution >= 0.6 is 11.3 Å². The number of benzene rings is 1. The molecule has 1 heterocycles. The third kappa shape index (κ3) is 2.21. The monoisotopic (exact) mass is 282 g/mol. The van der Waals surface area contributed by atoms with Gasteiger partial charge >= 0.3 is 0 Å². The molecule has 100 valence electrons. The van der Waals surface area contributed by atoms with E-state index in [1.807, 2.05) is 25.1 Å². The summed E-state index contributed by atoms with van der Waals surface area (Å²) >= 11 is 1.55. The SMILES string of the molecule is Cc1cccc(C(=O)Nc2sc3c(c2C#N)CCC3)c1. The summed E-state index contributed by atoms with van der Waals surface area (Å²) in [5.74, 6) is -0.148. The molecule has 3 rings (SSSR count). The molecule has 0 aliphatic heterocycles. The van der Waals surface area contributed by atoms with Crippen LogP contribution in [0.1, 0.15) is 38.3 Å². The fourth-order valence-electron chi connectivity index (χ4n) is 2.57. The van der Waals surface area contributed by atoms with Crippen LogP contribution in [0.25, 0.3) is 0 Å². The van der Waals surface area contributed by atoms with Crippen LogP contribution in [0.4, 0.5) is 5.00 Å². The van der Waals surface area contributed by atoms with Gasteiger partial charge in [-0.3, -0.25) is 4.79 Å². The number of rotatable bonds is 2. The number of hydrogen-bond acceptors (Lipinski definition) is 3. The molecule has 0 spiro atoms. The molecule has 1 aliphatic rings. The molecule has 0 unspecified atom stereocenters. The minimum Gasteiger partial charge on any atom is -0.312 e. The van der Waals surface area contributed by atoms with E-state index >= 15 is 0 Å². The van der Waals surface area contributed by atoms with Gasteiger partial charge in [-0.25, -0.2) is 0 Å². The van der Waals surface area contributed by atoms with Gasteiger partial charge in [0.25, 0.3) is 5.91 Å². The summed E-state index contributed by atoms with van der Waals surface area (Å²) < 4.78 is 0. The maximum absolute atomic E-state index is 12.2. The smallest absolute Gasteiger partial charge is 0.256 e. The fourth-order valence-corrected chi connectivity index (χ4v) is 3.81. The average Bonchev–Trinajstić information content (AvgIpc) is 2.98. The van der Waals surface area contributed by atoms with E-state index in [-0.39, 0.29) is 5.91 Å². The first kappa shape index (κ1) is 12.9. The predicted octanol–water partition coefficient (Wildman–Crippen LogP) is 3.67. The normalized spacial score (nSPS) is 12.8. The number of thiophene rings is 1. The molecule has 1 aromatic heterocycles. The van der Waals surface area contributed by atoms with Crippen molar-refractivity contribution < 1.29 is 4.79 Å². The van der Waals surface area contributed by atoms with Gasteiger partial charge in [-0.15, -0.1) is 11.3 Å². The van der Waals surface area contributed by atoms with E-state index in [0.29, 0.717) is 16.1 Å². The Bertz CT molecular complexity index is 725. The maximum Gasteiger partial charge on any atom is 0.256 e. The lowest BCUT2D eigenvalue weighted by Crippen LogP contribution is -2.11. The number of nitrogens with one attached hydrogen (secondary N) is 1. The van der Waals surface area contributed by atoms with Crippen LogP contribution in [0.5, 0.6) is 0 Å². The second-order valence-electron chi connectivity index (χ2n) is 5.00. The van der Waals surface area contributed by atoms with Crippen molar-refractivity contribution in [1.29, 1.82) is 5.26 Å². The molecule has 4 heteroatoms. The van der Waals surface area contributed by atoms with Crippen LogP contribution in [0.3, 0.4) is 0 Å². The van der Waals surface area contributed by atoms with E-state index in [0.717, 1.165) is 30.4 Å². The van der Waals surface area contributed by atoms with Crippen LogP contribution in [-0.2, 0) is 12.8 Å². The zero-order valence-electron chi connectivity index (χ0n) is 11.2. The maximum atomic E-state index is 12.2. The van der Waals surface area contributed by atoms with Gasteiger partial charge in [-0.05, 0) is 43.9 Å². The van der Waals surface area contributed by atoms with Crippen molar-refractivity contribution in [2.45, 2.75) is 26.2 Å². The number of carbonyl (C=O) groups is 1. The zero-order valence-corrected chi connectivity index (χ0v) is 12.0. The molecule has 2 aromatic rings. The highest BCUT2D eigenvalue weighted by atomic mass is 32.1. The average molecular weight is 282 g/mol. The van der Waals surface area contributed by atoms with Gasteiger partial charge in [0.2, 0.25) is 0 Å². The van der Waals surface area contributed by atoms with Crippen LogP contribution in [0.2, 0.25) is 0 Å². The van der Waals surface area contributed by atoms with Gasteiger partial charge in [-0.1, -0.05) is 17.7 Å². The van der Waals surface area contributed by atoms with E-state index < -0.39 is 0 Å². The van der Waals surface area contributed by atoms with Gasteiger partial charge in [0, 0.05) is 10.4 Å². The highest BCUT2D eigenvalue weighted by Gasteiger charge is 2.23. The second kappa shape index (κ2) is 5.10. The molecule has 1 aromatic carbocycles. The Hall–Kier alpha value is -2.12. The molecule has 0 saturated carbocycles. The Kier molecular flexibility index (Phi) is 3.29. The summed E-state index contributed by atoms with van der Waals surface area (Å²) in [6.07, 6.45) is 3.09. The molecule has 1 aliphatic carbocycles. The second-order valence-corrected chi connectivity index (χ2v) is 6.10. The molecule has 0 bridgehead atoms. The molecule has 20 heavy (non-hydrogen) atoms. The van der Waals surface area contributed by atoms with E-state index in [4.69, 9.17) is 0 Å². The van der Waals surface area contributed by atoms with Crippen LogP contribution in [0.15, 0.2) is 24.3 Å². The number of amides is 1. The third-order valence-electron chi connectivity index (χ3n) is 3.54. The van der Waals surface area contributed by atoms with E-state index in [2.05, 4.69) is 11.4 Å². The number of fused-ring (bicyclic) bond motifs is 1. The van der Waals surface area contributed by atoms with Crippen molar-refractivity contribution in [1.82, 2.24) is 0 Å². The molecule has 0 atom stereocenters. The molecule has 0 radical (unpaired) electrons. The van der Waals surface area contributed by atoms with Crippen LogP contribution in [-0.4, -0.2) is 5.91 Å². The molecule has 0 fully saturated rings. The largest absolute Gasteiger partial charge is 0.312 e. The van der Waals surface area contributed by atoms with Crippen LogP contribution in [0, 0.1) is 18.3 Å². The number of carbonyl (C=O) groups excluding carboxylic acids is 1. The number of nitriles is 1. The number of anilines is 1. The van der Waals surface area contributed by atoms with Gasteiger partial charge in [0.15, 0.2) is 0 Å². The molecular formula is C16H14N2OS. The van der Waals surface area contributed by atoms with Crippen molar-refractivity contribution in [3.05, 3.63) is 51.4 Å². The summed E-state index contributed by atoms with van der Waals surface area (Å²) in [6.45, 7) is 1.96. The van der Waals surface area contributed by atoms with E-state index in [1.165, 1.54) is 4.88 Å². The zero-order chi connectivity index (χ0) is 14.1. The van der Waals surface area contributed by atoms with Gasteiger partial charge in [0.1, 0.15) is 11.1 Å². The topological polar surface area (TPSA) is 52.9 Å². The molecule has 0 saturated heterocycles. The van der Waals surface area contributed by atoms with Crippen LogP contribution < -0.4 is 5.32 Å². The summed E-state index contributed by atoms with van der Waals surface area (Å²) in [6, 6.07) is 9.70. The number of nitrogens with zero attached hydrogens (tertiary/aromatic N) is 1. The first-order valence-electron chi connectivity index (χ1n) is 6.61. The van der Waals surface area contributed by atoms with Crippen molar-refractivity contribution in [2.24, 2.45) is 0 Å². The molecule has 3 nitrogen and oxygen atoms in total. The molecule has 1 amide bonds. The first-order chi connectivity index (χ1) is 9.69. The van der Waals surface area contributed by atoms with Gasteiger partial charge in [-0.2, -0.15) is 5.26 Å². The quantitative estimate of drug-likeness (QED) is 0.913. The minimum atomic E-state index is -0.148. The lowest BCUT2D eigenvalue weighted by molar-refractivity contribution is 0.102.